The van der Waals surface area contributed by atoms with E-state index in [4.69, 9.17) is 4.74 Å². The molecular weight excluding hydrogens is 448 g/mol. The van der Waals surface area contributed by atoms with Crippen LogP contribution >= 0.6 is 15.9 Å². The highest BCUT2D eigenvalue weighted by molar-refractivity contribution is 9.10. The van der Waals surface area contributed by atoms with Crippen LogP contribution in [0.1, 0.15) is 24.2 Å². The largest absolute Gasteiger partial charge is 0.496 e. The SMILES string of the molecule is COc1ccc(Br)cc1CNC(=O)[C@@H](C)n1c2ccccc2c2nc(=O)cc(C)n21. The smallest absolute Gasteiger partial charge is 0.273 e. The summed E-state index contributed by atoms with van der Waals surface area (Å²) in [6.07, 6.45) is 0. The summed E-state index contributed by atoms with van der Waals surface area (Å²) in [6, 6.07) is 14.2. The highest BCUT2D eigenvalue weighted by Gasteiger charge is 2.22. The van der Waals surface area contributed by atoms with Crippen molar-refractivity contribution < 1.29 is 9.53 Å². The van der Waals surface area contributed by atoms with Gasteiger partial charge in [-0.15, -0.1) is 0 Å². The van der Waals surface area contributed by atoms with E-state index in [0.29, 0.717) is 17.9 Å². The minimum Gasteiger partial charge on any atom is -0.496 e. The van der Waals surface area contributed by atoms with Crippen LogP contribution < -0.4 is 15.6 Å². The van der Waals surface area contributed by atoms with E-state index in [1.807, 2.05) is 65.5 Å². The van der Waals surface area contributed by atoms with Crippen molar-refractivity contribution in [2.24, 2.45) is 0 Å². The molecule has 0 fully saturated rings. The number of halogens is 1. The van der Waals surface area contributed by atoms with Gasteiger partial charge in [0, 0.05) is 33.7 Å². The monoisotopic (exact) mass is 468 g/mol. The van der Waals surface area contributed by atoms with E-state index in [0.717, 1.165) is 26.6 Å². The molecule has 0 aliphatic carbocycles. The fourth-order valence-corrected chi connectivity index (χ4v) is 4.12. The summed E-state index contributed by atoms with van der Waals surface area (Å²) in [7, 11) is 1.60. The van der Waals surface area contributed by atoms with Gasteiger partial charge in [-0.05, 0) is 44.2 Å². The summed E-state index contributed by atoms with van der Waals surface area (Å²) in [4.78, 5) is 29.3. The maximum Gasteiger partial charge on any atom is 0.273 e. The Morgan fingerprint density at radius 2 is 2.00 bits per heavy atom. The molecule has 0 spiro atoms. The van der Waals surface area contributed by atoms with Crippen LogP contribution in [0.15, 0.2) is 57.8 Å². The van der Waals surface area contributed by atoms with Crippen LogP contribution in [0, 0.1) is 6.92 Å². The lowest BCUT2D eigenvalue weighted by atomic mass is 10.2. The van der Waals surface area contributed by atoms with Gasteiger partial charge < -0.3 is 10.1 Å². The molecule has 1 amide bonds. The molecule has 0 unspecified atom stereocenters. The number of fused-ring (bicyclic) bond motifs is 3. The average Bonchev–Trinajstić information content (AvgIpc) is 3.06. The van der Waals surface area contributed by atoms with Crippen LogP contribution in [0.4, 0.5) is 0 Å². The lowest BCUT2D eigenvalue weighted by Crippen LogP contribution is -2.32. The quantitative estimate of drug-likeness (QED) is 0.485. The number of hydrogen-bond acceptors (Lipinski definition) is 4. The fourth-order valence-electron chi connectivity index (χ4n) is 3.72. The van der Waals surface area contributed by atoms with Crippen LogP contribution in [-0.2, 0) is 11.3 Å². The number of nitrogens with one attached hydrogen (secondary N) is 1. The van der Waals surface area contributed by atoms with Gasteiger partial charge in [0.25, 0.3) is 5.56 Å². The molecule has 0 aliphatic rings. The number of aryl methyl sites for hydroxylation is 1. The van der Waals surface area contributed by atoms with E-state index >= 15 is 0 Å². The molecule has 1 N–H and O–H groups in total. The van der Waals surface area contributed by atoms with Crippen LogP contribution in [0.3, 0.4) is 0 Å². The second-order valence-electron chi connectivity index (χ2n) is 7.08. The Hall–Kier alpha value is -3.13. The molecule has 8 heteroatoms. The molecule has 0 saturated heterocycles. The molecule has 2 heterocycles. The summed E-state index contributed by atoms with van der Waals surface area (Å²) in [5, 5.41) is 3.82. The third-order valence-electron chi connectivity index (χ3n) is 5.13. The van der Waals surface area contributed by atoms with Gasteiger partial charge in [-0.25, -0.2) is 4.52 Å². The van der Waals surface area contributed by atoms with Crippen LogP contribution in [-0.4, -0.2) is 27.2 Å². The Bertz CT molecular complexity index is 1330. The maximum absolute atomic E-state index is 13.1. The summed E-state index contributed by atoms with van der Waals surface area (Å²) in [5.41, 5.74) is 2.67. The normalized spacial score (nSPS) is 12.3. The Balaban J connectivity index is 1.72. The number of carbonyl (C=O) groups excluding carboxylic acids is 1. The number of amides is 1. The zero-order valence-corrected chi connectivity index (χ0v) is 18.4. The van der Waals surface area contributed by atoms with Crippen molar-refractivity contribution in [3.63, 3.8) is 0 Å². The Morgan fingerprint density at radius 3 is 2.77 bits per heavy atom. The number of ether oxygens (including phenoxy) is 1. The standard InChI is InChI=1S/C22H21BrN4O3/c1-13-10-20(28)25-21-17-6-4-5-7-18(17)27(26(13)21)14(2)22(29)24-12-15-11-16(23)8-9-19(15)30-3/h4-11,14H,12H2,1-3H3,(H,24,29)/t14-/m1/s1. The first-order chi connectivity index (χ1) is 14.4. The van der Waals surface area contributed by atoms with Crippen LogP contribution in [0.5, 0.6) is 5.75 Å². The van der Waals surface area contributed by atoms with E-state index in [2.05, 4.69) is 26.2 Å². The molecule has 2 aromatic carbocycles. The van der Waals surface area contributed by atoms with Gasteiger partial charge in [-0.2, -0.15) is 4.98 Å². The summed E-state index contributed by atoms with van der Waals surface area (Å²) in [5.74, 6) is 0.554. The van der Waals surface area contributed by atoms with E-state index in [1.165, 1.54) is 6.07 Å². The van der Waals surface area contributed by atoms with E-state index in [9.17, 15) is 9.59 Å². The molecule has 30 heavy (non-hydrogen) atoms. The highest BCUT2D eigenvalue weighted by atomic mass is 79.9. The highest BCUT2D eigenvalue weighted by Crippen LogP contribution is 2.26. The summed E-state index contributed by atoms with van der Waals surface area (Å²) >= 11 is 3.45. The van der Waals surface area contributed by atoms with Crippen molar-refractivity contribution in [3.8, 4) is 5.75 Å². The number of methoxy groups -OCH3 is 1. The molecule has 154 valence electrons. The van der Waals surface area contributed by atoms with E-state index in [1.54, 1.807) is 7.11 Å². The molecule has 1 atom stereocenters. The van der Waals surface area contributed by atoms with Gasteiger partial charge >= 0.3 is 0 Å². The van der Waals surface area contributed by atoms with Crippen LogP contribution in [0.2, 0.25) is 0 Å². The molecule has 4 rings (SSSR count). The zero-order valence-electron chi connectivity index (χ0n) is 16.8. The van der Waals surface area contributed by atoms with E-state index in [-0.39, 0.29) is 11.5 Å². The molecule has 7 nitrogen and oxygen atoms in total. The van der Waals surface area contributed by atoms with Gasteiger partial charge in [0.05, 0.1) is 12.6 Å². The molecule has 0 radical (unpaired) electrons. The van der Waals surface area contributed by atoms with Crippen molar-refractivity contribution in [2.45, 2.75) is 26.4 Å². The Kier molecular flexibility index (Phi) is 5.34. The van der Waals surface area contributed by atoms with Gasteiger partial charge in [0.2, 0.25) is 5.91 Å². The summed E-state index contributed by atoms with van der Waals surface area (Å²) < 4.78 is 10.0. The van der Waals surface area contributed by atoms with E-state index < -0.39 is 6.04 Å². The molecule has 4 aromatic rings. The first-order valence-electron chi connectivity index (χ1n) is 9.50. The number of hydrogen-bond donors (Lipinski definition) is 1. The third kappa shape index (κ3) is 3.47. The second kappa shape index (κ2) is 7.95. The average molecular weight is 469 g/mol. The van der Waals surface area contributed by atoms with Crippen molar-refractivity contribution in [1.82, 2.24) is 19.5 Å². The summed E-state index contributed by atoms with van der Waals surface area (Å²) in [6.45, 7) is 3.99. The number of rotatable bonds is 5. The maximum atomic E-state index is 13.1. The van der Waals surface area contributed by atoms with Gasteiger partial charge in [0.15, 0.2) is 5.65 Å². The first kappa shape index (κ1) is 20.2. The van der Waals surface area contributed by atoms with Crippen LogP contribution in [0.25, 0.3) is 16.6 Å². The van der Waals surface area contributed by atoms with Gasteiger partial charge in [-0.3, -0.25) is 14.3 Å². The number of aromatic nitrogens is 3. The lowest BCUT2D eigenvalue weighted by molar-refractivity contribution is -0.124. The number of para-hydroxylation sites is 1. The first-order valence-corrected chi connectivity index (χ1v) is 10.3. The minimum absolute atomic E-state index is 0.155. The third-order valence-corrected chi connectivity index (χ3v) is 5.63. The second-order valence-corrected chi connectivity index (χ2v) is 8.00. The van der Waals surface area contributed by atoms with Gasteiger partial charge in [0.1, 0.15) is 11.8 Å². The molecule has 2 aromatic heterocycles. The van der Waals surface area contributed by atoms with Crippen molar-refractivity contribution in [1.29, 1.82) is 0 Å². The van der Waals surface area contributed by atoms with Gasteiger partial charge in [-0.1, -0.05) is 28.1 Å². The molecule has 0 aliphatic heterocycles. The number of carbonyl (C=O) groups is 1. The Labute approximate surface area is 181 Å². The van der Waals surface area contributed by atoms with Crippen molar-refractivity contribution >= 4 is 38.4 Å². The number of benzene rings is 2. The minimum atomic E-state index is -0.534. The Morgan fingerprint density at radius 1 is 1.23 bits per heavy atom. The molecular formula is C22H21BrN4O3. The van der Waals surface area contributed by atoms with Crippen molar-refractivity contribution in [2.75, 3.05) is 7.11 Å². The topological polar surface area (TPSA) is 77.6 Å². The number of nitrogens with zero attached hydrogens (tertiary/aromatic N) is 3. The lowest BCUT2D eigenvalue weighted by Gasteiger charge is -2.18. The predicted octanol–water partition coefficient (Wildman–Crippen LogP) is 3.61. The zero-order chi connectivity index (χ0) is 21.4. The van der Waals surface area contributed by atoms with Crippen molar-refractivity contribution in [3.05, 3.63) is 74.6 Å². The predicted molar refractivity (Wildman–Crippen MR) is 119 cm³/mol. The molecule has 0 bridgehead atoms. The molecule has 0 saturated carbocycles. The fraction of sp³-hybridized carbons (Fsp3) is 0.227.